The zero-order chi connectivity index (χ0) is 8.65. The van der Waals surface area contributed by atoms with E-state index in [-0.39, 0.29) is 5.57 Å². The Bertz CT molecular complexity index is 216. The van der Waals surface area contributed by atoms with Crippen LogP contribution in [0.1, 0.15) is 6.42 Å². The van der Waals surface area contributed by atoms with Crippen LogP contribution in [0, 0.1) is 5.92 Å². The molecule has 0 radical (unpaired) electrons. The fraction of sp³-hybridized carbons (Fsp3) is 0.500. The topological polar surface area (TPSA) is 37.3 Å². The van der Waals surface area contributed by atoms with E-state index in [9.17, 15) is 18.0 Å². The average molecular weight is 166 g/mol. The Morgan fingerprint density at radius 2 is 2.09 bits per heavy atom. The molecule has 1 aliphatic rings. The summed E-state index contributed by atoms with van der Waals surface area (Å²) >= 11 is 0. The monoisotopic (exact) mass is 166 g/mol. The molecule has 1 aliphatic carbocycles. The van der Waals surface area contributed by atoms with Gasteiger partial charge in [-0.05, 0) is 6.42 Å². The summed E-state index contributed by atoms with van der Waals surface area (Å²) in [7, 11) is 0. The van der Waals surface area contributed by atoms with Crippen LogP contribution >= 0.6 is 0 Å². The molecule has 5 heteroatoms. The van der Waals surface area contributed by atoms with Crippen molar-refractivity contribution in [2.24, 2.45) is 5.92 Å². The van der Waals surface area contributed by atoms with Gasteiger partial charge < -0.3 is 5.11 Å². The molecule has 2 nitrogen and oxygen atoms in total. The third-order valence-electron chi connectivity index (χ3n) is 1.54. The molecule has 0 heterocycles. The van der Waals surface area contributed by atoms with E-state index in [1.165, 1.54) is 0 Å². The predicted octanol–water partition coefficient (Wildman–Crippen LogP) is 1.58. The van der Waals surface area contributed by atoms with Gasteiger partial charge in [0.25, 0.3) is 0 Å². The molecule has 1 rings (SSSR count). The number of hydrogen-bond donors (Lipinski definition) is 1. The van der Waals surface area contributed by atoms with Gasteiger partial charge in [0.15, 0.2) is 0 Å². The zero-order valence-corrected chi connectivity index (χ0v) is 5.35. The van der Waals surface area contributed by atoms with Gasteiger partial charge in [-0.1, -0.05) is 6.08 Å². The Balaban J connectivity index is 2.58. The van der Waals surface area contributed by atoms with Crippen LogP contribution in [-0.4, -0.2) is 17.3 Å². The van der Waals surface area contributed by atoms with Gasteiger partial charge in [-0.3, -0.25) is 0 Å². The van der Waals surface area contributed by atoms with Gasteiger partial charge in [0.1, 0.15) is 0 Å². The average Bonchev–Trinajstić information content (AvgIpc) is 1.51. The van der Waals surface area contributed by atoms with Crippen LogP contribution in [0.15, 0.2) is 11.6 Å². The van der Waals surface area contributed by atoms with Gasteiger partial charge in [0, 0.05) is 5.57 Å². The lowest BCUT2D eigenvalue weighted by Gasteiger charge is -2.24. The van der Waals surface area contributed by atoms with E-state index in [0.29, 0.717) is 0 Å². The summed E-state index contributed by atoms with van der Waals surface area (Å²) in [5.74, 6) is -2.81. The lowest BCUT2D eigenvalue weighted by molar-refractivity contribution is -0.167. The maximum atomic E-state index is 11.7. The Morgan fingerprint density at radius 3 is 2.36 bits per heavy atom. The van der Waals surface area contributed by atoms with Crippen LogP contribution in [0.2, 0.25) is 0 Å². The Kier molecular flexibility index (Phi) is 1.66. The number of halogens is 3. The third kappa shape index (κ3) is 1.53. The molecule has 0 amide bonds. The van der Waals surface area contributed by atoms with Crippen molar-refractivity contribution in [3.63, 3.8) is 0 Å². The summed E-state index contributed by atoms with van der Waals surface area (Å²) in [5.41, 5.74) is -0.146. The molecule has 0 aromatic heterocycles. The predicted molar refractivity (Wildman–Crippen MR) is 29.9 cm³/mol. The number of alkyl halides is 3. The Morgan fingerprint density at radius 1 is 1.64 bits per heavy atom. The van der Waals surface area contributed by atoms with Crippen molar-refractivity contribution >= 4 is 5.97 Å². The molecule has 0 aromatic carbocycles. The van der Waals surface area contributed by atoms with Crippen LogP contribution in [0.25, 0.3) is 0 Å². The molecule has 62 valence electrons. The maximum Gasteiger partial charge on any atom is 0.395 e. The van der Waals surface area contributed by atoms with Crippen LogP contribution in [0.5, 0.6) is 0 Å². The van der Waals surface area contributed by atoms with E-state index in [1.807, 2.05) is 0 Å². The van der Waals surface area contributed by atoms with E-state index in [2.05, 4.69) is 0 Å². The highest BCUT2D eigenvalue weighted by atomic mass is 19.4. The van der Waals surface area contributed by atoms with Crippen LogP contribution in [0.3, 0.4) is 0 Å². The molecule has 0 aliphatic heterocycles. The first-order chi connectivity index (χ1) is 4.91. The second-order valence-corrected chi connectivity index (χ2v) is 2.35. The Labute approximate surface area is 60.3 Å². The lowest BCUT2D eigenvalue weighted by Crippen LogP contribution is -2.29. The highest BCUT2D eigenvalue weighted by Gasteiger charge is 2.44. The van der Waals surface area contributed by atoms with E-state index >= 15 is 0 Å². The third-order valence-corrected chi connectivity index (χ3v) is 1.54. The molecule has 1 N–H and O–H groups in total. The number of carbonyl (C=O) groups is 1. The van der Waals surface area contributed by atoms with E-state index < -0.39 is 24.5 Å². The molecule has 0 bridgehead atoms. The van der Waals surface area contributed by atoms with Crippen molar-refractivity contribution in [1.82, 2.24) is 0 Å². The normalized spacial score (nSPS) is 23.9. The summed E-state index contributed by atoms with van der Waals surface area (Å²) in [6.07, 6.45) is -3.93. The molecular formula is C6H5F3O2. The van der Waals surface area contributed by atoms with Crippen LogP contribution in [-0.2, 0) is 4.79 Å². The fourth-order valence-electron chi connectivity index (χ4n) is 0.815. The lowest BCUT2D eigenvalue weighted by atomic mass is 9.86. The molecule has 0 saturated heterocycles. The number of aliphatic carboxylic acids is 1. The largest absolute Gasteiger partial charge is 0.478 e. The van der Waals surface area contributed by atoms with Crippen molar-refractivity contribution in [3.8, 4) is 0 Å². The first-order valence-corrected chi connectivity index (χ1v) is 2.92. The molecule has 1 atom stereocenters. The first-order valence-electron chi connectivity index (χ1n) is 2.92. The second kappa shape index (κ2) is 2.25. The van der Waals surface area contributed by atoms with Crippen LogP contribution in [0.4, 0.5) is 13.2 Å². The maximum absolute atomic E-state index is 11.7. The van der Waals surface area contributed by atoms with Crippen molar-refractivity contribution in [2.75, 3.05) is 0 Å². The van der Waals surface area contributed by atoms with Gasteiger partial charge in [-0.25, -0.2) is 4.79 Å². The highest BCUT2D eigenvalue weighted by molar-refractivity contribution is 5.88. The van der Waals surface area contributed by atoms with Gasteiger partial charge >= 0.3 is 12.1 Å². The van der Waals surface area contributed by atoms with E-state index in [1.54, 1.807) is 0 Å². The highest BCUT2D eigenvalue weighted by Crippen LogP contribution is 2.39. The summed E-state index contributed by atoms with van der Waals surface area (Å²) in [4.78, 5) is 10.0. The number of carboxylic acid groups (broad SMARTS) is 1. The van der Waals surface area contributed by atoms with Crippen molar-refractivity contribution in [3.05, 3.63) is 11.6 Å². The molecule has 0 saturated carbocycles. The van der Waals surface area contributed by atoms with Gasteiger partial charge in [0.05, 0.1) is 5.92 Å². The van der Waals surface area contributed by atoms with Gasteiger partial charge in [-0.2, -0.15) is 13.2 Å². The summed E-state index contributed by atoms with van der Waals surface area (Å²) < 4.78 is 35.1. The van der Waals surface area contributed by atoms with Crippen LogP contribution < -0.4 is 0 Å². The number of rotatable bonds is 1. The SMILES string of the molecule is O=C(O)C1=CC(C(F)(F)F)C1. The van der Waals surface area contributed by atoms with Gasteiger partial charge in [0.2, 0.25) is 0 Å². The first kappa shape index (κ1) is 8.10. The van der Waals surface area contributed by atoms with E-state index in [0.717, 1.165) is 6.08 Å². The minimum Gasteiger partial charge on any atom is -0.478 e. The summed E-state index contributed by atoms with van der Waals surface area (Å²) in [6.45, 7) is 0. The Hall–Kier alpha value is -1.00. The van der Waals surface area contributed by atoms with Gasteiger partial charge in [-0.15, -0.1) is 0 Å². The molecule has 0 fully saturated rings. The smallest absolute Gasteiger partial charge is 0.395 e. The fourth-order valence-corrected chi connectivity index (χ4v) is 0.815. The number of hydrogen-bond acceptors (Lipinski definition) is 1. The summed E-state index contributed by atoms with van der Waals surface area (Å²) in [5, 5.41) is 8.18. The quantitative estimate of drug-likeness (QED) is 0.642. The second-order valence-electron chi connectivity index (χ2n) is 2.35. The van der Waals surface area contributed by atoms with Crippen molar-refractivity contribution < 1.29 is 23.1 Å². The molecular weight excluding hydrogens is 161 g/mol. The minimum absolute atomic E-state index is 0.146. The molecule has 11 heavy (non-hydrogen) atoms. The molecule has 1 unspecified atom stereocenters. The van der Waals surface area contributed by atoms with Crippen molar-refractivity contribution in [1.29, 1.82) is 0 Å². The van der Waals surface area contributed by atoms with Crippen molar-refractivity contribution in [2.45, 2.75) is 12.6 Å². The number of allylic oxidation sites excluding steroid dienone is 1. The number of carboxylic acids is 1. The molecule has 0 aromatic rings. The van der Waals surface area contributed by atoms with E-state index in [4.69, 9.17) is 5.11 Å². The minimum atomic E-state index is -4.28. The standard InChI is InChI=1S/C6H5F3O2/c7-6(8,9)4-1-3(2-4)5(10)11/h1,4H,2H2,(H,10,11). The molecule has 0 spiro atoms. The zero-order valence-electron chi connectivity index (χ0n) is 5.35. The summed E-state index contributed by atoms with van der Waals surface area (Å²) in [6, 6.07) is 0.